The molecule has 0 atom stereocenters. The molecule has 2 N–H and O–H groups in total. The number of carbonyl (C=O) groups is 1. The van der Waals surface area contributed by atoms with E-state index in [0.29, 0.717) is 32.7 Å². The second kappa shape index (κ2) is 15.3. The van der Waals surface area contributed by atoms with Crippen LogP contribution in [0.4, 0.5) is 0 Å². The van der Waals surface area contributed by atoms with Gasteiger partial charge in [-0.2, -0.15) is 0 Å². The van der Waals surface area contributed by atoms with Crippen molar-refractivity contribution < 1.29 is 19.0 Å². The Kier molecular flexibility index (Phi) is 10.5. The average Bonchev–Trinajstić information content (AvgIpc) is 3.92. The maximum atomic E-state index is 12.8. The Morgan fingerprint density at radius 3 is 2.10 bits per heavy atom. The molecule has 0 unspecified atom stereocenters. The van der Waals surface area contributed by atoms with Crippen molar-refractivity contribution in [1.82, 2.24) is 29.6 Å². The van der Waals surface area contributed by atoms with Gasteiger partial charge in [0.2, 0.25) is 5.91 Å². The predicted octanol–water partition coefficient (Wildman–Crippen LogP) is 5.47. The summed E-state index contributed by atoms with van der Waals surface area (Å²) in [6.07, 6.45) is 8.36. The molecule has 10 nitrogen and oxygen atoms in total. The molecule has 2 aromatic carbocycles. The molecule has 3 aliphatic heterocycles. The molecule has 1 amide bonds. The van der Waals surface area contributed by atoms with Gasteiger partial charge < -0.3 is 34.0 Å². The first-order valence-corrected chi connectivity index (χ1v) is 18.0. The van der Waals surface area contributed by atoms with Crippen LogP contribution in [0.2, 0.25) is 0 Å². The van der Waals surface area contributed by atoms with Crippen LogP contribution in [-0.2, 0) is 22.6 Å². The molecule has 0 spiro atoms. The smallest absolute Gasteiger partial charge is 0.222 e. The van der Waals surface area contributed by atoms with Gasteiger partial charge in [0.15, 0.2) is 0 Å². The number of nitrogens with one attached hydrogen (secondary N) is 2. The van der Waals surface area contributed by atoms with Gasteiger partial charge >= 0.3 is 0 Å². The molecule has 258 valence electrons. The highest BCUT2D eigenvalue weighted by Gasteiger charge is 2.23. The minimum atomic E-state index is 0.240. The second-order valence-corrected chi connectivity index (χ2v) is 13.8. The van der Waals surface area contributed by atoms with E-state index in [4.69, 9.17) is 14.2 Å². The highest BCUT2D eigenvalue weighted by molar-refractivity contribution is 6.00. The Bertz CT molecular complexity index is 1680. The number of methoxy groups -OCH3 is 1. The Balaban J connectivity index is 1.14. The summed E-state index contributed by atoms with van der Waals surface area (Å²) < 4.78 is 17.9. The van der Waals surface area contributed by atoms with Gasteiger partial charge in [0.25, 0.3) is 0 Å². The van der Waals surface area contributed by atoms with Gasteiger partial charge in [-0.3, -0.25) is 14.6 Å². The van der Waals surface area contributed by atoms with Gasteiger partial charge in [0, 0.05) is 92.2 Å². The van der Waals surface area contributed by atoms with Gasteiger partial charge in [0.05, 0.1) is 24.2 Å². The molecule has 0 bridgehead atoms. The molecule has 3 aliphatic rings. The van der Waals surface area contributed by atoms with Gasteiger partial charge in [-0.1, -0.05) is 0 Å². The lowest BCUT2D eigenvalue weighted by molar-refractivity contribution is -0.133. The summed E-state index contributed by atoms with van der Waals surface area (Å²) in [5.74, 6) is 2.08. The van der Waals surface area contributed by atoms with Crippen LogP contribution in [0, 0.1) is 0 Å². The first-order valence-electron chi connectivity index (χ1n) is 18.0. The standard InChI is InChI=1S/C38H52N6O4/c1-41-17-19-44(20-18-41)36(45)8-7-21-47-34-11-9-28-24-33(40-37(28)31(34)26-42-13-3-4-14-42)30-25-39-38-29(30)10-12-35(48-23-22-46-2)32(38)27-43-15-5-6-16-43/h9-12,24-25,39-40H,3-8,13-23,26-27H2,1-2H3. The summed E-state index contributed by atoms with van der Waals surface area (Å²) in [5, 5.41) is 2.38. The molecule has 7 rings (SSSR count). The molecule has 3 saturated heterocycles. The number of amides is 1. The van der Waals surface area contributed by atoms with Crippen LogP contribution in [0.5, 0.6) is 11.5 Å². The van der Waals surface area contributed by atoms with E-state index < -0.39 is 0 Å². The molecular formula is C38H52N6O4. The van der Waals surface area contributed by atoms with Crippen molar-refractivity contribution in [3.05, 3.63) is 47.7 Å². The Morgan fingerprint density at radius 2 is 1.42 bits per heavy atom. The number of aromatic amines is 2. The molecule has 5 heterocycles. The molecule has 0 radical (unpaired) electrons. The van der Waals surface area contributed by atoms with Crippen molar-refractivity contribution in [2.24, 2.45) is 0 Å². The average molecular weight is 657 g/mol. The third-order valence-electron chi connectivity index (χ3n) is 10.4. The summed E-state index contributed by atoms with van der Waals surface area (Å²) >= 11 is 0. The number of likely N-dealkylation sites (N-methyl/N-ethyl adjacent to an activating group) is 1. The molecule has 4 aromatic rings. The number of piperazine rings is 1. The van der Waals surface area contributed by atoms with Gasteiger partial charge in [-0.25, -0.2) is 0 Å². The van der Waals surface area contributed by atoms with Crippen molar-refractivity contribution in [3.8, 4) is 22.8 Å². The minimum Gasteiger partial charge on any atom is -0.493 e. The van der Waals surface area contributed by atoms with Crippen molar-refractivity contribution in [2.45, 2.75) is 51.6 Å². The SMILES string of the molecule is COCCOc1ccc2c(-c3cc4ccc(OCCCC(=O)N5CCN(C)CC5)c(CN5CCCC5)c4[nH]3)c[nH]c2c1CN1CCCC1. The van der Waals surface area contributed by atoms with Crippen molar-refractivity contribution >= 4 is 27.7 Å². The summed E-state index contributed by atoms with van der Waals surface area (Å²) in [7, 11) is 3.82. The van der Waals surface area contributed by atoms with E-state index in [1.54, 1.807) is 7.11 Å². The van der Waals surface area contributed by atoms with Crippen LogP contribution >= 0.6 is 0 Å². The van der Waals surface area contributed by atoms with Crippen molar-refractivity contribution in [1.29, 1.82) is 0 Å². The van der Waals surface area contributed by atoms with E-state index in [9.17, 15) is 4.79 Å². The molecule has 2 aromatic heterocycles. The van der Waals surface area contributed by atoms with Gasteiger partial charge in [-0.05, 0) is 95.7 Å². The molecular weight excluding hydrogens is 604 g/mol. The number of fused-ring (bicyclic) bond motifs is 2. The van der Waals surface area contributed by atoms with Crippen LogP contribution < -0.4 is 9.47 Å². The summed E-state index contributed by atoms with van der Waals surface area (Å²) in [4.78, 5) is 29.6. The lowest BCUT2D eigenvalue weighted by Gasteiger charge is -2.32. The number of hydrogen-bond acceptors (Lipinski definition) is 7. The normalized spacial score (nSPS) is 18.1. The van der Waals surface area contributed by atoms with Crippen LogP contribution in [0.15, 0.2) is 36.5 Å². The number of benzene rings is 2. The van der Waals surface area contributed by atoms with Crippen LogP contribution in [0.25, 0.3) is 33.1 Å². The topological polar surface area (TPSA) is 89.3 Å². The lowest BCUT2D eigenvalue weighted by atomic mass is 10.1. The summed E-state index contributed by atoms with van der Waals surface area (Å²) in [6.45, 7) is 11.3. The zero-order valence-electron chi connectivity index (χ0n) is 28.8. The summed E-state index contributed by atoms with van der Waals surface area (Å²) in [5.41, 5.74) is 6.93. The van der Waals surface area contributed by atoms with E-state index in [-0.39, 0.29) is 5.91 Å². The zero-order valence-corrected chi connectivity index (χ0v) is 28.8. The number of nitrogens with zero attached hydrogens (tertiary/aromatic N) is 4. The van der Waals surface area contributed by atoms with Crippen molar-refractivity contribution in [3.63, 3.8) is 0 Å². The van der Waals surface area contributed by atoms with Crippen LogP contribution in [0.1, 0.15) is 49.7 Å². The van der Waals surface area contributed by atoms with E-state index >= 15 is 0 Å². The van der Waals surface area contributed by atoms with Crippen LogP contribution in [-0.4, -0.2) is 122 Å². The number of likely N-dealkylation sites (tertiary alicyclic amines) is 2. The van der Waals surface area contributed by atoms with E-state index in [2.05, 4.69) is 68.2 Å². The number of hydrogen-bond donors (Lipinski definition) is 2. The first kappa shape index (κ1) is 33.0. The minimum absolute atomic E-state index is 0.240. The number of ether oxygens (including phenoxy) is 3. The highest BCUT2D eigenvalue weighted by atomic mass is 16.5. The second-order valence-electron chi connectivity index (χ2n) is 13.8. The summed E-state index contributed by atoms with van der Waals surface area (Å²) in [6, 6.07) is 10.9. The maximum absolute atomic E-state index is 12.8. The molecule has 48 heavy (non-hydrogen) atoms. The van der Waals surface area contributed by atoms with Gasteiger partial charge in [-0.15, -0.1) is 0 Å². The quantitative estimate of drug-likeness (QED) is 0.174. The highest BCUT2D eigenvalue weighted by Crippen LogP contribution is 2.38. The fraction of sp³-hybridized carbons (Fsp3) is 0.553. The third-order valence-corrected chi connectivity index (χ3v) is 10.4. The van der Waals surface area contributed by atoms with E-state index in [1.807, 2.05) is 4.90 Å². The molecule has 3 fully saturated rings. The number of aromatic nitrogens is 2. The van der Waals surface area contributed by atoms with E-state index in [1.165, 1.54) is 47.6 Å². The molecule has 0 saturated carbocycles. The predicted molar refractivity (Wildman–Crippen MR) is 191 cm³/mol. The fourth-order valence-electron chi connectivity index (χ4n) is 7.62. The van der Waals surface area contributed by atoms with Crippen molar-refractivity contribution in [2.75, 3.05) is 86.3 Å². The van der Waals surface area contributed by atoms with Gasteiger partial charge in [0.1, 0.15) is 18.1 Å². The lowest BCUT2D eigenvalue weighted by Crippen LogP contribution is -2.47. The Labute approximate surface area is 284 Å². The fourth-order valence-corrected chi connectivity index (χ4v) is 7.62. The maximum Gasteiger partial charge on any atom is 0.222 e. The number of rotatable bonds is 14. The van der Waals surface area contributed by atoms with Crippen LogP contribution in [0.3, 0.4) is 0 Å². The van der Waals surface area contributed by atoms with E-state index in [0.717, 1.165) is 99.2 Å². The monoisotopic (exact) mass is 656 g/mol. The first-order chi connectivity index (χ1) is 23.6. The molecule has 0 aliphatic carbocycles. The number of H-pyrrole nitrogens is 2. The number of carbonyl (C=O) groups excluding carboxylic acids is 1. The largest absolute Gasteiger partial charge is 0.493 e. The molecule has 10 heteroatoms. The Hall–Kier alpha value is -3.57. The third kappa shape index (κ3) is 7.37. The zero-order chi connectivity index (χ0) is 32.9. The Morgan fingerprint density at radius 1 is 0.771 bits per heavy atom.